The maximum Gasteiger partial charge on any atom is 0.328 e. The fourth-order valence-electron chi connectivity index (χ4n) is 5.50. The van der Waals surface area contributed by atoms with Crippen LogP contribution in [-0.4, -0.2) is 65.3 Å². The molecule has 3 heterocycles. The molecule has 0 aliphatic carbocycles. The molecule has 8 heteroatoms. The summed E-state index contributed by atoms with van der Waals surface area (Å²) in [5.74, 6) is 0.215. The van der Waals surface area contributed by atoms with Crippen molar-refractivity contribution in [1.82, 2.24) is 20.0 Å². The van der Waals surface area contributed by atoms with Gasteiger partial charge in [-0.05, 0) is 60.7 Å². The summed E-state index contributed by atoms with van der Waals surface area (Å²) < 4.78 is 0. The number of fused-ring (bicyclic) bond motifs is 3. The predicted molar refractivity (Wildman–Crippen MR) is 129 cm³/mol. The van der Waals surface area contributed by atoms with Crippen molar-refractivity contribution in [2.75, 3.05) is 25.0 Å². The van der Waals surface area contributed by atoms with Crippen LogP contribution in [0, 0.1) is 19.8 Å². The van der Waals surface area contributed by atoms with Crippen LogP contribution in [0.3, 0.4) is 0 Å². The average molecular weight is 468 g/mol. The molecule has 3 amide bonds. The molecule has 0 aromatic heterocycles. The maximum atomic E-state index is 13.7. The number of urea groups is 1. The molecular weight excluding hydrogens is 438 g/mol. The van der Waals surface area contributed by atoms with E-state index in [0.717, 1.165) is 24.3 Å². The Kier molecular flexibility index (Phi) is 5.59. The van der Waals surface area contributed by atoms with E-state index in [9.17, 15) is 9.59 Å². The van der Waals surface area contributed by atoms with Gasteiger partial charge in [-0.1, -0.05) is 36.7 Å². The number of carbonyl (C=O) groups is 2. The van der Waals surface area contributed by atoms with Crippen LogP contribution in [0.5, 0.6) is 0 Å². The fourth-order valence-corrected chi connectivity index (χ4v) is 5.71. The number of halogens is 1. The number of imide groups is 1. The van der Waals surface area contributed by atoms with Crippen LogP contribution in [0.2, 0.25) is 5.02 Å². The predicted octanol–water partition coefficient (Wildman–Crippen LogP) is 3.39. The van der Waals surface area contributed by atoms with Gasteiger partial charge in [-0.2, -0.15) is 0 Å². The minimum absolute atomic E-state index is 0.150. The lowest BCUT2D eigenvalue weighted by atomic mass is 10.0. The van der Waals surface area contributed by atoms with Gasteiger partial charge in [0.15, 0.2) is 0 Å². The summed E-state index contributed by atoms with van der Waals surface area (Å²) in [5, 5.41) is 4.19. The van der Waals surface area contributed by atoms with Gasteiger partial charge in [-0.15, -0.1) is 0 Å². The van der Waals surface area contributed by atoms with E-state index in [1.807, 2.05) is 12.1 Å². The number of carbonyl (C=O) groups excluding carboxylic acids is 2. The highest BCUT2D eigenvalue weighted by atomic mass is 35.5. The third kappa shape index (κ3) is 3.88. The summed E-state index contributed by atoms with van der Waals surface area (Å²) in [7, 11) is 1.77. The maximum absolute atomic E-state index is 13.7. The number of hydrogen-bond acceptors (Lipinski definition) is 5. The summed E-state index contributed by atoms with van der Waals surface area (Å²) in [6.07, 6.45) is -0.521. The lowest BCUT2D eigenvalue weighted by molar-refractivity contribution is -0.139. The molecule has 5 rings (SSSR count). The van der Waals surface area contributed by atoms with Crippen molar-refractivity contribution in [3.8, 4) is 0 Å². The van der Waals surface area contributed by atoms with Crippen LogP contribution >= 0.6 is 11.6 Å². The van der Waals surface area contributed by atoms with E-state index in [2.05, 4.69) is 54.1 Å². The van der Waals surface area contributed by atoms with E-state index in [1.165, 1.54) is 16.0 Å². The monoisotopic (exact) mass is 467 g/mol. The Morgan fingerprint density at radius 2 is 1.79 bits per heavy atom. The lowest BCUT2D eigenvalue weighted by Gasteiger charge is -2.46. The molecular formula is C25H30ClN5O2. The van der Waals surface area contributed by atoms with Crippen LogP contribution < -0.4 is 10.2 Å². The second-order valence-electron chi connectivity index (χ2n) is 9.68. The standard InChI is InChI=1S/C25H30ClN5O2/c1-15-8-16(2)10-20(9-15)29-12-17(3)13-30-21-22(27-24(29)30)28(4)25(33)31(23(21)32)14-18-6-5-7-19(26)11-18/h5-11,17,21-22,24,27H,12-14H2,1-4H3. The van der Waals surface area contributed by atoms with Crippen molar-refractivity contribution in [3.63, 3.8) is 0 Å². The molecule has 3 aliphatic rings. The largest absolute Gasteiger partial charge is 0.343 e. The number of amides is 3. The van der Waals surface area contributed by atoms with Crippen LogP contribution in [0.25, 0.3) is 0 Å². The van der Waals surface area contributed by atoms with E-state index in [0.29, 0.717) is 10.9 Å². The number of rotatable bonds is 3. The molecule has 1 N–H and O–H groups in total. The van der Waals surface area contributed by atoms with Gasteiger partial charge in [0, 0.05) is 30.8 Å². The Morgan fingerprint density at radius 3 is 2.48 bits per heavy atom. The molecule has 3 aliphatic heterocycles. The molecule has 0 radical (unpaired) electrons. The third-order valence-electron chi connectivity index (χ3n) is 6.85. The van der Waals surface area contributed by atoms with Gasteiger partial charge in [0.05, 0.1) is 6.54 Å². The average Bonchev–Trinajstić information content (AvgIpc) is 3.13. The van der Waals surface area contributed by atoms with Gasteiger partial charge in [0.2, 0.25) is 0 Å². The molecule has 0 spiro atoms. The summed E-state index contributed by atoms with van der Waals surface area (Å²) in [6.45, 7) is 8.31. The highest BCUT2D eigenvalue weighted by molar-refractivity contribution is 6.30. The number of nitrogens with one attached hydrogen (secondary N) is 1. The molecule has 7 nitrogen and oxygen atoms in total. The van der Waals surface area contributed by atoms with Gasteiger partial charge in [-0.3, -0.25) is 19.9 Å². The number of anilines is 1. The minimum atomic E-state index is -0.437. The highest BCUT2D eigenvalue weighted by Crippen LogP contribution is 2.35. The molecule has 174 valence electrons. The number of nitrogens with zero attached hydrogens (tertiary/aromatic N) is 4. The SMILES string of the molecule is Cc1cc(C)cc(N2CC(C)CN3C4C(=O)N(Cc5cccc(Cl)c5)C(=O)N(C)C4NC23)c1. The van der Waals surface area contributed by atoms with Crippen LogP contribution in [0.1, 0.15) is 23.6 Å². The zero-order chi connectivity index (χ0) is 23.4. The van der Waals surface area contributed by atoms with E-state index in [4.69, 9.17) is 11.6 Å². The van der Waals surface area contributed by atoms with E-state index in [-0.39, 0.29) is 30.9 Å². The van der Waals surface area contributed by atoms with E-state index in [1.54, 1.807) is 24.1 Å². The zero-order valence-electron chi connectivity index (χ0n) is 19.5. The zero-order valence-corrected chi connectivity index (χ0v) is 20.2. The van der Waals surface area contributed by atoms with Crippen molar-refractivity contribution in [3.05, 3.63) is 64.2 Å². The first-order valence-corrected chi connectivity index (χ1v) is 11.8. The first-order chi connectivity index (χ1) is 15.7. The van der Waals surface area contributed by atoms with Gasteiger partial charge < -0.3 is 9.80 Å². The van der Waals surface area contributed by atoms with Crippen LogP contribution in [-0.2, 0) is 11.3 Å². The Morgan fingerprint density at radius 1 is 1.06 bits per heavy atom. The molecule has 2 aromatic carbocycles. The Labute approximate surface area is 199 Å². The van der Waals surface area contributed by atoms with Crippen LogP contribution in [0.15, 0.2) is 42.5 Å². The third-order valence-corrected chi connectivity index (χ3v) is 7.09. The van der Waals surface area contributed by atoms with Crippen molar-refractivity contribution in [2.45, 2.75) is 45.8 Å². The molecule has 4 unspecified atom stereocenters. The normalized spacial score (nSPS) is 27.7. The molecule has 2 aromatic rings. The molecule has 3 saturated heterocycles. The summed E-state index contributed by atoms with van der Waals surface area (Å²) in [5.41, 5.74) is 4.39. The van der Waals surface area contributed by atoms with Crippen molar-refractivity contribution >= 4 is 29.2 Å². The molecule has 33 heavy (non-hydrogen) atoms. The van der Waals surface area contributed by atoms with Gasteiger partial charge in [0.25, 0.3) is 5.91 Å². The van der Waals surface area contributed by atoms with Crippen molar-refractivity contribution < 1.29 is 9.59 Å². The number of aryl methyl sites for hydroxylation is 2. The Balaban J connectivity index is 1.47. The molecule has 0 saturated carbocycles. The van der Waals surface area contributed by atoms with Gasteiger partial charge >= 0.3 is 6.03 Å². The van der Waals surface area contributed by atoms with Gasteiger partial charge in [0.1, 0.15) is 18.5 Å². The quantitative estimate of drug-likeness (QED) is 0.749. The first-order valence-electron chi connectivity index (χ1n) is 11.4. The summed E-state index contributed by atoms with van der Waals surface area (Å²) in [6, 6.07) is 13.1. The number of likely N-dealkylation sites (N-methyl/N-ethyl adjacent to an activating group) is 1. The number of benzene rings is 2. The first kappa shape index (κ1) is 22.2. The Hall–Kier alpha value is -2.61. The van der Waals surface area contributed by atoms with E-state index < -0.39 is 6.04 Å². The Bertz CT molecular complexity index is 1090. The second-order valence-corrected chi connectivity index (χ2v) is 10.1. The smallest absolute Gasteiger partial charge is 0.328 e. The fraction of sp³-hybridized carbons (Fsp3) is 0.440. The number of hydrogen-bond donors (Lipinski definition) is 1. The minimum Gasteiger partial charge on any atom is -0.343 e. The van der Waals surface area contributed by atoms with Crippen molar-refractivity contribution in [1.29, 1.82) is 0 Å². The summed E-state index contributed by atoms with van der Waals surface area (Å²) in [4.78, 5) is 34.5. The van der Waals surface area contributed by atoms with Crippen LogP contribution in [0.4, 0.5) is 10.5 Å². The van der Waals surface area contributed by atoms with E-state index >= 15 is 0 Å². The molecule has 0 bridgehead atoms. The molecule has 3 fully saturated rings. The summed E-state index contributed by atoms with van der Waals surface area (Å²) >= 11 is 6.13. The van der Waals surface area contributed by atoms with Gasteiger partial charge in [-0.25, -0.2) is 4.79 Å². The van der Waals surface area contributed by atoms with Crippen molar-refractivity contribution in [2.24, 2.45) is 5.92 Å². The topological polar surface area (TPSA) is 59.1 Å². The highest BCUT2D eigenvalue weighted by Gasteiger charge is 2.56. The second kappa shape index (κ2) is 8.31. The molecule has 4 atom stereocenters. The lowest BCUT2D eigenvalue weighted by Crippen LogP contribution is -2.66.